The zero-order valence-electron chi connectivity index (χ0n) is 12.9. The Hall–Kier alpha value is -1.47. The third-order valence-electron chi connectivity index (χ3n) is 4.31. The Morgan fingerprint density at radius 1 is 1.26 bits per heavy atom. The van der Waals surface area contributed by atoms with Crippen molar-refractivity contribution < 1.29 is 4.74 Å². The largest absolute Gasteiger partial charge is 0.495 e. The number of methoxy groups -OCH3 is 1. The Bertz CT molecular complexity index is 685. The van der Waals surface area contributed by atoms with Gasteiger partial charge in [-0.1, -0.05) is 18.0 Å². The van der Waals surface area contributed by atoms with Crippen LogP contribution in [-0.2, 0) is 0 Å². The summed E-state index contributed by atoms with van der Waals surface area (Å²) in [5, 5.41) is 0.552. The fourth-order valence-electron chi connectivity index (χ4n) is 3.32. The smallest absolute Gasteiger partial charge is 0.220 e. The van der Waals surface area contributed by atoms with Crippen LogP contribution in [0.15, 0.2) is 26.6 Å². The molecule has 4 N–H and O–H groups in total. The summed E-state index contributed by atoms with van der Waals surface area (Å²) in [4.78, 5) is 10.7. The van der Waals surface area contributed by atoms with Gasteiger partial charge in [-0.25, -0.2) is 4.99 Å². The molecule has 0 aromatic heterocycles. The van der Waals surface area contributed by atoms with Gasteiger partial charge >= 0.3 is 0 Å². The van der Waals surface area contributed by atoms with Crippen LogP contribution in [0.5, 0.6) is 5.75 Å². The van der Waals surface area contributed by atoms with Crippen LogP contribution in [0.25, 0.3) is 0 Å². The van der Waals surface area contributed by atoms with Crippen LogP contribution in [-0.4, -0.2) is 24.7 Å². The minimum Gasteiger partial charge on any atom is -0.495 e. The summed E-state index contributed by atoms with van der Waals surface area (Å²) < 4.78 is 6.17. The van der Waals surface area contributed by atoms with Crippen molar-refractivity contribution in [1.82, 2.24) is 0 Å². The van der Waals surface area contributed by atoms with Gasteiger partial charge in [-0.05, 0) is 47.7 Å². The standard InChI is InChI=1S/C15H19BrClN5O/c1-23-12-8-11(10(17)7-9(12)16)22-14(19)20-13(18)21-15(22)5-3-2-4-6-15/h7-8H,2-6H2,1H3,(H4,18,19,20,21). The minimum absolute atomic E-state index is 0.223. The molecule has 3 rings (SSSR count). The van der Waals surface area contributed by atoms with Gasteiger partial charge in [0.2, 0.25) is 11.9 Å². The second-order valence-corrected chi connectivity index (χ2v) is 7.02. The summed E-state index contributed by atoms with van der Waals surface area (Å²) >= 11 is 9.92. The van der Waals surface area contributed by atoms with E-state index in [1.54, 1.807) is 13.2 Å². The molecular formula is C15H19BrClN5O. The molecule has 0 saturated heterocycles. The average molecular weight is 401 g/mol. The Kier molecular flexibility index (Phi) is 4.42. The van der Waals surface area contributed by atoms with Gasteiger partial charge in [-0.2, -0.15) is 4.99 Å². The summed E-state index contributed by atoms with van der Waals surface area (Å²) in [5.41, 5.74) is 12.3. The number of halogens is 2. The van der Waals surface area contributed by atoms with Gasteiger partial charge in [-0.15, -0.1) is 0 Å². The zero-order valence-corrected chi connectivity index (χ0v) is 15.2. The molecule has 1 saturated carbocycles. The van der Waals surface area contributed by atoms with Crippen LogP contribution in [0, 0.1) is 0 Å². The maximum atomic E-state index is 6.48. The minimum atomic E-state index is -0.517. The van der Waals surface area contributed by atoms with Crippen LogP contribution in [0.3, 0.4) is 0 Å². The number of rotatable bonds is 2. The zero-order chi connectivity index (χ0) is 16.6. The van der Waals surface area contributed by atoms with Crippen LogP contribution in [0.1, 0.15) is 32.1 Å². The van der Waals surface area contributed by atoms with Crippen LogP contribution in [0.2, 0.25) is 5.02 Å². The van der Waals surface area contributed by atoms with Gasteiger partial charge in [0.1, 0.15) is 11.4 Å². The Balaban J connectivity index is 2.14. The summed E-state index contributed by atoms with van der Waals surface area (Å²) in [6, 6.07) is 3.64. The molecule has 1 aromatic carbocycles. The highest BCUT2D eigenvalue weighted by molar-refractivity contribution is 9.10. The average Bonchev–Trinajstić information content (AvgIpc) is 2.49. The Morgan fingerprint density at radius 2 is 1.96 bits per heavy atom. The molecule has 0 atom stereocenters. The van der Waals surface area contributed by atoms with E-state index in [-0.39, 0.29) is 5.96 Å². The number of aliphatic imine (C=N–C) groups is 2. The number of nitrogens with zero attached hydrogens (tertiary/aromatic N) is 3. The lowest BCUT2D eigenvalue weighted by Crippen LogP contribution is -2.58. The van der Waals surface area contributed by atoms with E-state index >= 15 is 0 Å². The number of ether oxygens (including phenoxy) is 1. The van der Waals surface area contributed by atoms with Crippen LogP contribution < -0.4 is 21.1 Å². The van der Waals surface area contributed by atoms with E-state index in [1.807, 2.05) is 11.0 Å². The molecule has 1 fully saturated rings. The monoisotopic (exact) mass is 399 g/mol. The number of nitrogens with two attached hydrogens (primary N) is 2. The molecule has 0 bridgehead atoms. The molecule has 2 aliphatic rings. The van der Waals surface area contributed by atoms with Crippen molar-refractivity contribution in [2.75, 3.05) is 12.0 Å². The van der Waals surface area contributed by atoms with E-state index in [0.717, 1.165) is 35.8 Å². The lowest BCUT2D eigenvalue weighted by Gasteiger charge is -2.45. The number of hydrogen-bond acceptors (Lipinski definition) is 6. The predicted octanol–water partition coefficient (Wildman–Crippen LogP) is 3.22. The summed E-state index contributed by atoms with van der Waals surface area (Å²) in [6.07, 6.45) is 5.02. The fourth-order valence-corrected chi connectivity index (χ4v) is 4.20. The lowest BCUT2D eigenvalue weighted by atomic mass is 9.87. The molecule has 1 aliphatic carbocycles. The van der Waals surface area contributed by atoms with E-state index in [1.165, 1.54) is 6.42 Å². The second kappa shape index (κ2) is 6.20. The number of anilines is 1. The van der Waals surface area contributed by atoms with Gasteiger partial charge in [0.05, 0.1) is 22.3 Å². The molecule has 1 spiro atoms. The van der Waals surface area contributed by atoms with Crippen molar-refractivity contribution in [1.29, 1.82) is 0 Å². The topological polar surface area (TPSA) is 89.2 Å². The highest BCUT2D eigenvalue weighted by Crippen LogP contribution is 2.44. The first-order valence-electron chi connectivity index (χ1n) is 7.49. The normalized spacial score (nSPS) is 20.2. The van der Waals surface area contributed by atoms with E-state index in [2.05, 4.69) is 25.9 Å². The quantitative estimate of drug-likeness (QED) is 0.797. The van der Waals surface area contributed by atoms with Crippen molar-refractivity contribution in [3.8, 4) is 5.75 Å². The molecule has 8 heteroatoms. The maximum absolute atomic E-state index is 6.48. The van der Waals surface area contributed by atoms with Crippen LogP contribution in [0.4, 0.5) is 5.69 Å². The molecule has 1 heterocycles. The second-order valence-electron chi connectivity index (χ2n) is 5.76. The van der Waals surface area contributed by atoms with E-state index < -0.39 is 5.66 Å². The summed E-state index contributed by atoms with van der Waals surface area (Å²) in [7, 11) is 1.61. The maximum Gasteiger partial charge on any atom is 0.220 e. The molecule has 124 valence electrons. The molecule has 6 nitrogen and oxygen atoms in total. The van der Waals surface area contributed by atoms with Gasteiger partial charge in [0.25, 0.3) is 0 Å². The molecule has 1 aromatic rings. The van der Waals surface area contributed by atoms with E-state index in [9.17, 15) is 0 Å². The molecule has 1 aliphatic heterocycles. The van der Waals surface area contributed by atoms with Crippen molar-refractivity contribution in [2.24, 2.45) is 21.5 Å². The highest BCUT2D eigenvalue weighted by Gasteiger charge is 2.43. The van der Waals surface area contributed by atoms with E-state index in [4.69, 9.17) is 27.8 Å². The third kappa shape index (κ3) is 2.87. The highest BCUT2D eigenvalue weighted by atomic mass is 79.9. The lowest BCUT2D eigenvalue weighted by molar-refractivity contribution is 0.305. The van der Waals surface area contributed by atoms with Crippen molar-refractivity contribution in [2.45, 2.75) is 37.8 Å². The van der Waals surface area contributed by atoms with Gasteiger partial charge < -0.3 is 16.2 Å². The van der Waals surface area contributed by atoms with Gasteiger partial charge in [-0.3, -0.25) is 4.90 Å². The van der Waals surface area contributed by atoms with Crippen molar-refractivity contribution in [3.05, 3.63) is 21.6 Å². The number of guanidine groups is 2. The third-order valence-corrected chi connectivity index (χ3v) is 5.24. The van der Waals surface area contributed by atoms with E-state index in [0.29, 0.717) is 16.7 Å². The van der Waals surface area contributed by atoms with Crippen molar-refractivity contribution >= 4 is 45.1 Å². The molecule has 0 radical (unpaired) electrons. The summed E-state index contributed by atoms with van der Waals surface area (Å²) in [6.45, 7) is 0. The van der Waals surface area contributed by atoms with Crippen LogP contribution >= 0.6 is 27.5 Å². The fraction of sp³-hybridized carbons (Fsp3) is 0.467. The first-order chi connectivity index (χ1) is 11.0. The molecule has 0 unspecified atom stereocenters. The van der Waals surface area contributed by atoms with Gasteiger partial charge in [0.15, 0.2) is 0 Å². The Labute approximate surface area is 148 Å². The number of hydrogen-bond donors (Lipinski definition) is 2. The summed E-state index contributed by atoms with van der Waals surface area (Å²) in [5.74, 6) is 1.21. The first-order valence-corrected chi connectivity index (χ1v) is 8.67. The SMILES string of the molecule is COc1cc(N2C(N)=NC(N)=NC23CCCCC3)c(Cl)cc1Br. The molecular weight excluding hydrogens is 382 g/mol. The Morgan fingerprint density at radius 3 is 2.61 bits per heavy atom. The molecule has 0 amide bonds. The van der Waals surface area contributed by atoms with Gasteiger partial charge in [0, 0.05) is 6.07 Å². The first kappa shape index (κ1) is 16.4. The number of benzene rings is 1. The predicted molar refractivity (Wildman–Crippen MR) is 97.2 cm³/mol. The molecule has 23 heavy (non-hydrogen) atoms. The van der Waals surface area contributed by atoms with Crippen molar-refractivity contribution in [3.63, 3.8) is 0 Å².